The fourth-order valence-electron chi connectivity index (χ4n) is 2.95. The second-order valence-corrected chi connectivity index (χ2v) is 7.16. The van der Waals surface area contributed by atoms with Crippen LogP contribution in [0.25, 0.3) is 10.2 Å². The van der Waals surface area contributed by atoms with Crippen LogP contribution in [0.15, 0.2) is 18.2 Å². The normalized spacial score (nSPS) is 22.0. The van der Waals surface area contributed by atoms with E-state index in [0.29, 0.717) is 18.1 Å². The van der Waals surface area contributed by atoms with E-state index in [0.717, 1.165) is 42.1 Å². The summed E-state index contributed by atoms with van der Waals surface area (Å²) in [6, 6.07) is 5.44. The van der Waals surface area contributed by atoms with E-state index >= 15 is 0 Å². The van der Waals surface area contributed by atoms with Gasteiger partial charge in [-0.1, -0.05) is 17.4 Å². The number of nitrogens with zero attached hydrogens (tertiary/aromatic N) is 2. The molecule has 2 aromatic rings. The second kappa shape index (κ2) is 5.50. The molecule has 22 heavy (non-hydrogen) atoms. The SMILES string of the molecule is O=C(NC1CC1)C1CCCN(c2nc3c(F)cccc3s2)C1. The van der Waals surface area contributed by atoms with Crippen LogP contribution in [-0.4, -0.2) is 30.0 Å². The molecule has 1 aromatic carbocycles. The number of anilines is 1. The Morgan fingerprint density at radius 2 is 2.23 bits per heavy atom. The van der Waals surface area contributed by atoms with Crippen molar-refractivity contribution in [1.82, 2.24) is 10.3 Å². The van der Waals surface area contributed by atoms with E-state index in [4.69, 9.17) is 0 Å². The standard InChI is InChI=1S/C16H18FN3OS/c17-12-4-1-5-13-14(12)19-16(22-13)20-8-2-3-10(9-20)15(21)18-11-6-7-11/h1,4-5,10-11H,2-3,6-9H2,(H,18,21). The zero-order valence-corrected chi connectivity index (χ0v) is 13.0. The highest BCUT2D eigenvalue weighted by Crippen LogP contribution is 2.32. The largest absolute Gasteiger partial charge is 0.353 e. The van der Waals surface area contributed by atoms with Crippen LogP contribution in [0.4, 0.5) is 9.52 Å². The number of rotatable bonds is 3. The van der Waals surface area contributed by atoms with Gasteiger partial charge in [0.25, 0.3) is 0 Å². The van der Waals surface area contributed by atoms with Crippen LogP contribution in [0.3, 0.4) is 0 Å². The molecule has 4 rings (SSSR count). The van der Waals surface area contributed by atoms with Crippen LogP contribution in [0, 0.1) is 11.7 Å². The number of piperidine rings is 1. The zero-order valence-electron chi connectivity index (χ0n) is 12.2. The molecule has 6 heteroatoms. The van der Waals surface area contributed by atoms with Gasteiger partial charge in [-0.25, -0.2) is 9.37 Å². The van der Waals surface area contributed by atoms with Crippen molar-refractivity contribution in [2.75, 3.05) is 18.0 Å². The summed E-state index contributed by atoms with van der Waals surface area (Å²) in [6.07, 6.45) is 4.12. The summed E-state index contributed by atoms with van der Waals surface area (Å²) < 4.78 is 14.6. The summed E-state index contributed by atoms with van der Waals surface area (Å²) in [5.41, 5.74) is 0.437. The van der Waals surface area contributed by atoms with Gasteiger partial charge in [-0.15, -0.1) is 0 Å². The van der Waals surface area contributed by atoms with E-state index in [1.54, 1.807) is 6.07 Å². The minimum absolute atomic E-state index is 0.0196. The van der Waals surface area contributed by atoms with E-state index in [-0.39, 0.29) is 17.6 Å². The molecule has 1 saturated heterocycles. The van der Waals surface area contributed by atoms with E-state index in [2.05, 4.69) is 15.2 Å². The van der Waals surface area contributed by atoms with Crippen LogP contribution in [0.1, 0.15) is 25.7 Å². The van der Waals surface area contributed by atoms with Crippen molar-refractivity contribution < 1.29 is 9.18 Å². The summed E-state index contributed by atoms with van der Waals surface area (Å²) in [6.45, 7) is 1.56. The van der Waals surface area contributed by atoms with Gasteiger partial charge in [0, 0.05) is 19.1 Å². The fourth-order valence-corrected chi connectivity index (χ4v) is 3.97. The maximum atomic E-state index is 13.8. The monoisotopic (exact) mass is 319 g/mol. The molecular weight excluding hydrogens is 301 g/mol. The second-order valence-electron chi connectivity index (χ2n) is 6.15. The molecule has 1 aromatic heterocycles. The van der Waals surface area contributed by atoms with Crippen LogP contribution in [0.5, 0.6) is 0 Å². The number of amides is 1. The van der Waals surface area contributed by atoms with Crippen molar-refractivity contribution in [1.29, 1.82) is 0 Å². The molecule has 1 N–H and O–H groups in total. The van der Waals surface area contributed by atoms with E-state index < -0.39 is 0 Å². The molecule has 1 unspecified atom stereocenters. The Labute approximate surface area is 132 Å². The van der Waals surface area contributed by atoms with Crippen LogP contribution < -0.4 is 10.2 Å². The Kier molecular flexibility index (Phi) is 3.48. The molecule has 116 valence electrons. The fraction of sp³-hybridized carbons (Fsp3) is 0.500. The maximum absolute atomic E-state index is 13.8. The summed E-state index contributed by atoms with van der Waals surface area (Å²) in [4.78, 5) is 18.8. The zero-order chi connectivity index (χ0) is 15.1. The average molecular weight is 319 g/mol. The molecule has 1 aliphatic heterocycles. The third-order valence-corrected chi connectivity index (χ3v) is 5.43. The molecule has 0 bridgehead atoms. The molecule has 2 aliphatic rings. The van der Waals surface area contributed by atoms with E-state index in [1.807, 2.05) is 6.07 Å². The predicted octanol–water partition coefficient (Wildman–Crippen LogP) is 2.93. The number of fused-ring (bicyclic) bond motifs is 1. The summed E-state index contributed by atoms with van der Waals surface area (Å²) in [5, 5.41) is 3.91. The third kappa shape index (κ3) is 2.67. The first-order valence-corrected chi connectivity index (χ1v) is 8.63. The van der Waals surface area contributed by atoms with Crippen LogP contribution in [-0.2, 0) is 4.79 Å². The van der Waals surface area contributed by atoms with Crippen molar-refractivity contribution in [2.24, 2.45) is 5.92 Å². The maximum Gasteiger partial charge on any atom is 0.225 e. The van der Waals surface area contributed by atoms with Gasteiger partial charge in [0.1, 0.15) is 11.3 Å². The molecule has 2 heterocycles. The van der Waals surface area contributed by atoms with Crippen molar-refractivity contribution in [3.63, 3.8) is 0 Å². The van der Waals surface area contributed by atoms with Gasteiger partial charge in [-0.3, -0.25) is 4.79 Å². The third-order valence-electron chi connectivity index (χ3n) is 4.34. The smallest absolute Gasteiger partial charge is 0.225 e. The summed E-state index contributed by atoms with van der Waals surface area (Å²) in [7, 11) is 0. The van der Waals surface area contributed by atoms with Crippen molar-refractivity contribution in [3.05, 3.63) is 24.0 Å². The molecular formula is C16H18FN3OS. The van der Waals surface area contributed by atoms with Crippen molar-refractivity contribution in [3.8, 4) is 0 Å². The number of nitrogens with one attached hydrogen (secondary N) is 1. The first-order chi connectivity index (χ1) is 10.7. The van der Waals surface area contributed by atoms with Crippen molar-refractivity contribution >= 4 is 32.6 Å². The van der Waals surface area contributed by atoms with Gasteiger partial charge in [0.05, 0.1) is 10.6 Å². The summed E-state index contributed by atoms with van der Waals surface area (Å²) in [5.74, 6) is -0.0919. The van der Waals surface area contributed by atoms with Crippen molar-refractivity contribution in [2.45, 2.75) is 31.7 Å². The first-order valence-electron chi connectivity index (χ1n) is 7.81. The first kappa shape index (κ1) is 13.9. The van der Waals surface area contributed by atoms with Crippen LogP contribution >= 0.6 is 11.3 Å². The number of carbonyl (C=O) groups excluding carboxylic acids is 1. The Balaban J connectivity index is 1.52. The number of hydrogen-bond acceptors (Lipinski definition) is 4. The highest BCUT2D eigenvalue weighted by atomic mass is 32.1. The Bertz CT molecular complexity index is 712. The molecule has 1 atom stereocenters. The number of para-hydroxylation sites is 1. The number of halogens is 1. The molecule has 1 saturated carbocycles. The Morgan fingerprint density at radius 1 is 1.36 bits per heavy atom. The molecule has 1 amide bonds. The van der Waals surface area contributed by atoms with Gasteiger partial charge in [-0.05, 0) is 37.8 Å². The molecule has 1 aliphatic carbocycles. The number of benzene rings is 1. The van der Waals surface area contributed by atoms with Gasteiger partial charge < -0.3 is 10.2 Å². The number of thiazole rings is 1. The number of carbonyl (C=O) groups is 1. The topological polar surface area (TPSA) is 45.2 Å². The van der Waals surface area contributed by atoms with E-state index in [1.165, 1.54) is 17.4 Å². The van der Waals surface area contributed by atoms with Gasteiger partial charge in [0.2, 0.25) is 5.91 Å². The highest BCUT2D eigenvalue weighted by molar-refractivity contribution is 7.22. The molecule has 2 fully saturated rings. The lowest BCUT2D eigenvalue weighted by Gasteiger charge is -2.31. The minimum atomic E-state index is -0.278. The summed E-state index contributed by atoms with van der Waals surface area (Å²) >= 11 is 1.50. The number of aromatic nitrogens is 1. The van der Waals surface area contributed by atoms with E-state index in [9.17, 15) is 9.18 Å². The van der Waals surface area contributed by atoms with Gasteiger partial charge >= 0.3 is 0 Å². The molecule has 0 spiro atoms. The lowest BCUT2D eigenvalue weighted by molar-refractivity contribution is -0.125. The van der Waals surface area contributed by atoms with Gasteiger partial charge in [0.15, 0.2) is 5.13 Å². The Hall–Kier alpha value is -1.69. The van der Waals surface area contributed by atoms with Crippen LogP contribution in [0.2, 0.25) is 0 Å². The predicted molar refractivity (Wildman–Crippen MR) is 85.7 cm³/mol. The average Bonchev–Trinajstić information content (AvgIpc) is 3.23. The minimum Gasteiger partial charge on any atom is -0.353 e. The lowest BCUT2D eigenvalue weighted by Crippen LogP contribution is -2.43. The molecule has 4 nitrogen and oxygen atoms in total. The number of hydrogen-bond donors (Lipinski definition) is 1. The highest BCUT2D eigenvalue weighted by Gasteiger charge is 2.31. The Morgan fingerprint density at radius 3 is 3.00 bits per heavy atom. The molecule has 0 radical (unpaired) electrons. The lowest BCUT2D eigenvalue weighted by atomic mass is 9.97. The van der Waals surface area contributed by atoms with Gasteiger partial charge in [-0.2, -0.15) is 0 Å². The quantitative estimate of drug-likeness (QED) is 0.946.